The number of nitrogens with zero attached hydrogens (tertiary/aromatic N) is 1. The predicted molar refractivity (Wildman–Crippen MR) is 91.2 cm³/mol. The molecule has 1 aromatic heterocycles. The highest BCUT2D eigenvalue weighted by molar-refractivity contribution is 5.96. The van der Waals surface area contributed by atoms with Gasteiger partial charge in [0.2, 0.25) is 5.89 Å². The number of carbonyl (C=O) groups excluding carboxylic acids is 2. The van der Waals surface area contributed by atoms with E-state index in [-0.39, 0.29) is 5.78 Å². The fourth-order valence-corrected chi connectivity index (χ4v) is 2.49. The standard InChI is InChI=1S/C20H17NO3/c1-14-18(21-20(24-14)17-5-3-2-4-6-17)11-12-19(23)16-9-7-15(13-22)8-10-16/h2-10,13H,11-12H2,1H3. The number of Topliss-reactive ketones (excluding diaryl/α,β-unsaturated/α-hetero) is 1. The molecule has 0 saturated carbocycles. The summed E-state index contributed by atoms with van der Waals surface area (Å²) in [7, 11) is 0. The molecule has 0 aliphatic heterocycles. The van der Waals surface area contributed by atoms with E-state index in [0.29, 0.717) is 29.9 Å². The van der Waals surface area contributed by atoms with Gasteiger partial charge in [-0.05, 0) is 19.1 Å². The number of hydrogen-bond acceptors (Lipinski definition) is 4. The number of rotatable bonds is 6. The summed E-state index contributed by atoms with van der Waals surface area (Å²) in [5.74, 6) is 1.33. The van der Waals surface area contributed by atoms with Crippen LogP contribution in [0.15, 0.2) is 59.0 Å². The Morgan fingerprint density at radius 3 is 2.46 bits per heavy atom. The van der Waals surface area contributed by atoms with E-state index in [9.17, 15) is 9.59 Å². The number of aromatic nitrogens is 1. The number of benzene rings is 2. The van der Waals surface area contributed by atoms with E-state index in [1.807, 2.05) is 37.3 Å². The summed E-state index contributed by atoms with van der Waals surface area (Å²) in [6.45, 7) is 1.86. The molecule has 1 heterocycles. The first-order valence-electron chi connectivity index (χ1n) is 7.77. The van der Waals surface area contributed by atoms with Crippen molar-refractivity contribution >= 4 is 12.1 Å². The molecule has 120 valence electrons. The van der Waals surface area contributed by atoms with Crippen LogP contribution in [0.4, 0.5) is 0 Å². The van der Waals surface area contributed by atoms with Gasteiger partial charge in [-0.15, -0.1) is 0 Å². The zero-order chi connectivity index (χ0) is 16.9. The van der Waals surface area contributed by atoms with E-state index in [0.717, 1.165) is 23.3 Å². The molecule has 0 unspecified atom stereocenters. The van der Waals surface area contributed by atoms with Crippen LogP contribution >= 0.6 is 0 Å². The highest BCUT2D eigenvalue weighted by Gasteiger charge is 2.13. The number of ketones is 1. The van der Waals surface area contributed by atoms with Gasteiger partial charge in [-0.2, -0.15) is 0 Å². The van der Waals surface area contributed by atoms with E-state index in [2.05, 4.69) is 4.98 Å². The van der Waals surface area contributed by atoms with Gasteiger partial charge < -0.3 is 4.42 Å². The third-order valence-corrected chi connectivity index (χ3v) is 3.87. The van der Waals surface area contributed by atoms with Crippen LogP contribution in [0.5, 0.6) is 0 Å². The first-order chi connectivity index (χ1) is 11.7. The van der Waals surface area contributed by atoms with Crippen LogP contribution in [-0.4, -0.2) is 17.1 Å². The van der Waals surface area contributed by atoms with E-state index >= 15 is 0 Å². The monoisotopic (exact) mass is 319 g/mol. The Bertz CT molecular complexity index is 848. The second kappa shape index (κ2) is 7.04. The third-order valence-electron chi connectivity index (χ3n) is 3.87. The molecule has 0 atom stereocenters. The largest absolute Gasteiger partial charge is 0.441 e. The molecule has 0 N–H and O–H groups in total. The van der Waals surface area contributed by atoms with Gasteiger partial charge >= 0.3 is 0 Å². The summed E-state index contributed by atoms with van der Waals surface area (Å²) in [4.78, 5) is 27.4. The Morgan fingerprint density at radius 1 is 1.08 bits per heavy atom. The number of aryl methyl sites for hydroxylation is 2. The Hall–Kier alpha value is -3.01. The number of carbonyl (C=O) groups is 2. The molecule has 0 aliphatic carbocycles. The fraction of sp³-hybridized carbons (Fsp3) is 0.150. The molecule has 0 saturated heterocycles. The minimum atomic E-state index is 0.0242. The summed E-state index contributed by atoms with van der Waals surface area (Å²) in [5, 5.41) is 0. The minimum absolute atomic E-state index is 0.0242. The van der Waals surface area contributed by atoms with Crippen LogP contribution in [-0.2, 0) is 6.42 Å². The van der Waals surface area contributed by atoms with Gasteiger partial charge in [0.15, 0.2) is 5.78 Å². The molecule has 0 spiro atoms. The smallest absolute Gasteiger partial charge is 0.226 e. The van der Waals surface area contributed by atoms with Crippen LogP contribution in [0.25, 0.3) is 11.5 Å². The van der Waals surface area contributed by atoms with Crippen molar-refractivity contribution in [3.63, 3.8) is 0 Å². The SMILES string of the molecule is Cc1oc(-c2ccccc2)nc1CCC(=O)c1ccc(C=O)cc1. The zero-order valence-corrected chi connectivity index (χ0v) is 13.4. The summed E-state index contributed by atoms with van der Waals surface area (Å²) in [5.41, 5.74) is 2.88. The van der Waals surface area contributed by atoms with E-state index in [4.69, 9.17) is 4.42 Å². The minimum Gasteiger partial charge on any atom is -0.441 e. The molecule has 0 bridgehead atoms. The summed E-state index contributed by atoms with van der Waals surface area (Å²) < 4.78 is 5.71. The Labute approximate surface area is 140 Å². The zero-order valence-electron chi connectivity index (χ0n) is 13.4. The molecule has 3 rings (SSSR count). The maximum absolute atomic E-state index is 12.3. The van der Waals surface area contributed by atoms with Gasteiger partial charge in [-0.25, -0.2) is 4.98 Å². The van der Waals surface area contributed by atoms with Gasteiger partial charge in [-0.3, -0.25) is 9.59 Å². The molecule has 0 amide bonds. The summed E-state index contributed by atoms with van der Waals surface area (Å²) in [6, 6.07) is 16.3. The average Bonchev–Trinajstić information content (AvgIpc) is 3.01. The lowest BCUT2D eigenvalue weighted by Gasteiger charge is -2.00. The lowest BCUT2D eigenvalue weighted by atomic mass is 10.0. The summed E-state index contributed by atoms with van der Waals surface area (Å²) in [6.07, 6.45) is 1.64. The molecule has 4 heteroatoms. The normalized spacial score (nSPS) is 10.5. The first-order valence-corrected chi connectivity index (χ1v) is 7.77. The molecule has 4 nitrogen and oxygen atoms in total. The van der Waals surface area contributed by atoms with Crippen molar-refractivity contribution in [2.45, 2.75) is 19.8 Å². The second-order valence-corrected chi connectivity index (χ2v) is 5.55. The van der Waals surface area contributed by atoms with Crippen molar-refractivity contribution < 1.29 is 14.0 Å². The topological polar surface area (TPSA) is 60.2 Å². The van der Waals surface area contributed by atoms with Crippen molar-refractivity contribution in [1.82, 2.24) is 4.98 Å². The molecule has 24 heavy (non-hydrogen) atoms. The van der Waals surface area contributed by atoms with Crippen LogP contribution in [0.1, 0.15) is 38.6 Å². The van der Waals surface area contributed by atoms with Crippen molar-refractivity contribution in [2.75, 3.05) is 0 Å². The number of aldehydes is 1. The quantitative estimate of drug-likeness (QED) is 0.502. The molecule has 0 radical (unpaired) electrons. The van der Waals surface area contributed by atoms with Crippen molar-refractivity contribution in [2.24, 2.45) is 0 Å². The molecule has 3 aromatic rings. The van der Waals surface area contributed by atoms with Crippen molar-refractivity contribution in [1.29, 1.82) is 0 Å². The van der Waals surface area contributed by atoms with Crippen molar-refractivity contribution in [3.05, 3.63) is 77.2 Å². The van der Waals surface area contributed by atoms with Gasteiger partial charge in [-0.1, -0.05) is 42.5 Å². The lowest BCUT2D eigenvalue weighted by molar-refractivity contribution is 0.0981. The second-order valence-electron chi connectivity index (χ2n) is 5.55. The van der Waals surface area contributed by atoms with E-state index in [1.54, 1.807) is 24.3 Å². The van der Waals surface area contributed by atoms with E-state index < -0.39 is 0 Å². The highest BCUT2D eigenvalue weighted by Crippen LogP contribution is 2.22. The van der Waals surface area contributed by atoms with Gasteiger partial charge in [0.25, 0.3) is 0 Å². The first kappa shape index (κ1) is 15.9. The van der Waals surface area contributed by atoms with Crippen LogP contribution in [0.3, 0.4) is 0 Å². The maximum Gasteiger partial charge on any atom is 0.226 e. The van der Waals surface area contributed by atoms with Gasteiger partial charge in [0, 0.05) is 29.5 Å². The number of hydrogen-bond donors (Lipinski definition) is 0. The maximum atomic E-state index is 12.3. The Kier molecular flexibility index (Phi) is 4.66. The molecule has 0 aliphatic rings. The molecule has 0 fully saturated rings. The van der Waals surface area contributed by atoms with Crippen LogP contribution in [0, 0.1) is 6.92 Å². The Balaban J connectivity index is 1.69. The van der Waals surface area contributed by atoms with Gasteiger partial charge in [0.1, 0.15) is 12.0 Å². The Morgan fingerprint density at radius 2 is 1.79 bits per heavy atom. The van der Waals surface area contributed by atoms with Crippen molar-refractivity contribution in [3.8, 4) is 11.5 Å². The summed E-state index contributed by atoms with van der Waals surface area (Å²) >= 11 is 0. The molecular formula is C20H17NO3. The average molecular weight is 319 g/mol. The highest BCUT2D eigenvalue weighted by atomic mass is 16.4. The van der Waals surface area contributed by atoms with Crippen LogP contribution < -0.4 is 0 Å². The molecular weight excluding hydrogens is 302 g/mol. The van der Waals surface area contributed by atoms with Gasteiger partial charge in [0.05, 0.1) is 5.69 Å². The number of oxazole rings is 1. The van der Waals surface area contributed by atoms with Crippen LogP contribution in [0.2, 0.25) is 0 Å². The predicted octanol–water partition coefficient (Wildman–Crippen LogP) is 4.28. The fourth-order valence-electron chi connectivity index (χ4n) is 2.49. The lowest BCUT2D eigenvalue weighted by Crippen LogP contribution is -2.02. The third kappa shape index (κ3) is 3.49. The molecule has 2 aromatic carbocycles. The van der Waals surface area contributed by atoms with E-state index in [1.165, 1.54) is 0 Å².